The Labute approximate surface area is 211 Å². The van der Waals surface area contributed by atoms with E-state index in [1.807, 2.05) is 19.2 Å². The Balaban J connectivity index is 1.30. The molecule has 0 spiro atoms. The number of nitrogens with one attached hydrogen (secondary N) is 2. The van der Waals surface area contributed by atoms with Crippen molar-refractivity contribution in [3.05, 3.63) is 81.8 Å². The molecular formula is C30H33N5O. The van der Waals surface area contributed by atoms with Crippen LogP contribution in [0.2, 0.25) is 0 Å². The van der Waals surface area contributed by atoms with Crippen LogP contribution in [0.4, 0.5) is 11.6 Å². The summed E-state index contributed by atoms with van der Waals surface area (Å²) in [5.74, 6) is 1.82. The van der Waals surface area contributed by atoms with Crippen LogP contribution in [0.15, 0.2) is 59.5 Å². The number of piperidine rings is 1. The molecule has 1 saturated carbocycles. The minimum Gasteiger partial charge on any atom is -0.324 e. The smallest absolute Gasteiger partial charge is 0.260 e. The minimum absolute atomic E-state index is 0.0109. The van der Waals surface area contributed by atoms with Crippen LogP contribution in [0.3, 0.4) is 0 Å². The van der Waals surface area contributed by atoms with Gasteiger partial charge < -0.3 is 10.6 Å². The predicted octanol–water partition coefficient (Wildman–Crippen LogP) is 5.87. The van der Waals surface area contributed by atoms with Gasteiger partial charge in [0.15, 0.2) is 0 Å². The van der Waals surface area contributed by atoms with Crippen molar-refractivity contribution in [3.63, 3.8) is 0 Å². The number of aryl methyl sites for hydroxylation is 2. The molecule has 0 atom stereocenters. The van der Waals surface area contributed by atoms with Crippen molar-refractivity contribution in [2.24, 2.45) is 0 Å². The maximum Gasteiger partial charge on any atom is 0.260 e. The lowest BCUT2D eigenvalue weighted by Crippen LogP contribution is -2.26. The van der Waals surface area contributed by atoms with E-state index in [4.69, 9.17) is 4.98 Å². The SMILES string of the molecule is CCn1c(=O)c(-c2ccc(C3CC3)cc2C)cc2cnc(Nc3ccc(C4CCNCC4)cc3)nc21. The highest BCUT2D eigenvalue weighted by Gasteiger charge is 2.24. The number of nitrogens with zero attached hydrogens (tertiary/aromatic N) is 3. The zero-order chi connectivity index (χ0) is 24.6. The van der Waals surface area contributed by atoms with Gasteiger partial charge in [-0.25, -0.2) is 4.98 Å². The number of rotatable bonds is 6. The average Bonchev–Trinajstić information content (AvgIpc) is 3.75. The Morgan fingerprint density at radius 2 is 1.67 bits per heavy atom. The number of anilines is 2. The van der Waals surface area contributed by atoms with E-state index in [1.165, 1.54) is 36.8 Å². The first-order valence-electron chi connectivity index (χ1n) is 13.2. The third kappa shape index (κ3) is 4.42. The molecule has 36 heavy (non-hydrogen) atoms. The van der Waals surface area contributed by atoms with Crippen molar-refractivity contribution in [2.75, 3.05) is 18.4 Å². The number of pyridine rings is 1. The van der Waals surface area contributed by atoms with Crippen molar-refractivity contribution in [3.8, 4) is 11.1 Å². The van der Waals surface area contributed by atoms with Gasteiger partial charge in [0.25, 0.3) is 5.56 Å². The molecule has 3 heterocycles. The summed E-state index contributed by atoms with van der Waals surface area (Å²) in [6, 6.07) is 17.1. The number of hydrogen-bond acceptors (Lipinski definition) is 5. The maximum atomic E-state index is 13.5. The predicted molar refractivity (Wildman–Crippen MR) is 146 cm³/mol. The zero-order valence-corrected chi connectivity index (χ0v) is 21.1. The molecule has 1 aliphatic carbocycles. The molecule has 2 fully saturated rings. The summed E-state index contributed by atoms with van der Waals surface area (Å²) in [4.78, 5) is 22.9. The molecule has 0 amide bonds. The summed E-state index contributed by atoms with van der Waals surface area (Å²) in [6.45, 7) is 6.80. The minimum atomic E-state index is -0.0109. The molecule has 6 heteroatoms. The lowest BCUT2D eigenvalue weighted by atomic mass is 9.90. The number of hydrogen-bond donors (Lipinski definition) is 2. The van der Waals surface area contributed by atoms with Gasteiger partial charge in [0.1, 0.15) is 5.65 Å². The van der Waals surface area contributed by atoms with Gasteiger partial charge in [0.2, 0.25) is 5.95 Å². The Morgan fingerprint density at radius 3 is 2.36 bits per heavy atom. The van der Waals surface area contributed by atoms with Gasteiger partial charge in [0, 0.05) is 29.4 Å². The van der Waals surface area contributed by atoms with Gasteiger partial charge >= 0.3 is 0 Å². The van der Waals surface area contributed by atoms with Gasteiger partial charge in [0.05, 0.1) is 0 Å². The summed E-state index contributed by atoms with van der Waals surface area (Å²) in [6.07, 6.45) is 6.72. The number of benzene rings is 2. The van der Waals surface area contributed by atoms with E-state index in [2.05, 4.69) is 65.0 Å². The Kier molecular flexibility index (Phi) is 6.05. The van der Waals surface area contributed by atoms with Crippen molar-refractivity contribution in [2.45, 2.75) is 57.9 Å². The molecule has 2 aromatic carbocycles. The number of aromatic nitrogens is 3. The van der Waals surface area contributed by atoms with Crippen molar-refractivity contribution >= 4 is 22.7 Å². The van der Waals surface area contributed by atoms with E-state index in [1.54, 1.807) is 4.57 Å². The van der Waals surface area contributed by atoms with E-state index >= 15 is 0 Å². The normalized spacial score (nSPS) is 16.4. The first-order valence-corrected chi connectivity index (χ1v) is 13.2. The highest BCUT2D eigenvalue weighted by Crippen LogP contribution is 2.41. The quantitative estimate of drug-likeness (QED) is 0.362. The summed E-state index contributed by atoms with van der Waals surface area (Å²) in [7, 11) is 0. The maximum absolute atomic E-state index is 13.5. The van der Waals surface area contributed by atoms with Gasteiger partial charge in [-0.3, -0.25) is 9.36 Å². The van der Waals surface area contributed by atoms with Crippen molar-refractivity contribution < 1.29 is 0 Å². The lowest BCUT2D eigenvalue weighted by Gasteiger charge is -2.23. The highest BCUT2D eigenvalue weighted by molar-refractivity contribution is 5.82. The molecule has 1 saturated heterocycles. The van der Waals surface area contributed by atoms with Crippen LogP contribution < -0.4 is 16.2 Å². The molecular weight excluding hydrogens is 446 g/mol. The fourth-order valence-electron chi connectivity index (χ4n) is 5.49. The van der Waals surface area contributed by atoms with Crippen molar-refractivity contribution in [1.29, 1.82) is 0 Å². The van der Waals surface area contributed by atoms with Gasteiger partial charge in [-0.1, -0.05) is 30.3 Å². The van der Waals surface area contributed by atoms with E-state index in [9.17, 15) is 4.79 Å². The molecule has 6 rings (SSSR count). The van der Waals surface area contributed by atoms with E-state index < -0.39 is 0 Å². The van der Waals surface area contributed by atoms with E-state index in [-0.39, 0.29) is 5.56 Å². The molecule has 0 bridgehead atoms. The fourth-order valence-corrected chi connectivity index (χ4v) is 5.49. The second-order valence-corrected chi connectivity index (χ2v) is 10.2. The van der Waals surface area contributed by atoms with Gasteiger partial charge in [-0.2, -0.15) is 4.98 Å². The van der Waals surface area contributed by atoms with E-state index in [0.29, 0.717) is 35.5 Å². The molecule has 0 unspecified atom stereocenters. The molecule has 6 nitrogen and oxygen atoms in total. The fraction of sp³-hybridized carbons (Fsp3) is 0.367. The third-order valence-corrected chi connectivity index (χ3v) is 7.71. The first kappa shape index (κ1) is 22.9. The van der Waals surface area contributed by atoms with Crippen LogP contribution in [0.25, 0.3) is 22.2 Å². The molecule has 0 radical (unpaired) electrons. The topological polar surface area (TPSA) is 71.8 Å². The molecule has 2 N–H and O–H groups in total. The first-order chi connectivity index (χ1) is 17.6. The largest absolute Gasteiger partial charge is 0.324 e. The van der Waals surface area contributed by atoms with E-state index in [0.717, 1.165) is 35.3 Å². The standard InChI is InChI=1S/C30H33N5O/c1-3-35-28-24(17-27(29(35)36)26-11-8-23(16-19(26)2)21-4-5-21)18-32-30(34-28)33-25-9-6-20(7-10-25)22-12-14-31-15-13-22/h6-11,16-18,21-22,31H,3-5,12-15H2,1-2H3,(H,32,33,34). The summed E-state index contributed by atoms with van der Waals surface area (Å²) < 4.78 is 1.76. The Hall–Kier alpha value is -3.51. The highest BCUT2D eigenvalue weighted by atomic mass is 16.1. The molecule has 1 aliphatic heterocycles. The molecule has 184 valence electrons. The van der Waals surface area contributed by atoms with Gasteiger partial charge in [-0.15, -0.1) is 0 Å². The van der Waals surface area contributed by atoms with Crippen LogP contribution in [0.5, 0.6) is 0 Å². The average molecular weight is 480 g/mol. The Morgan fingerprint density at radius 1 is 0.944 bits per heavy atom. The van der Waals surface area contributed by atoms with Crippen molar-refractivity contribution in [1.82, 2.24) is 19.9 Å². The van der Waals surface area contributed by atoms with Crippen LogP contribution in [0, 0.1) is 6.92 Å². The molecule has 2 aromatic heterocycles. The Bertz CT molecular complexity index is 1460. The molecule has 4 aromatic rings. The summed E-state index contributed by atoms with van der Waals surface area (Å²) in [5, 5.41) is 7.62. The number of fused-ring (bicyclic) bond motifs is 1. The van der Waals surface area contributed by atoms with Crippen LogP contribution in [-0.2, 0) is 6.54 Å². The van der Waals surface area contributed by atoms with Crippen LogP contribution in [0.1, 0.15) is 61.1 Å². The van der Waals surface area contributed by atoms with Gasteiger partial charge in [-0.05, 0) is 105 Å². The molecule has 2 aliphatic rings. The second-order valence-electron chi connectivity index (χ2n) is 10.2. The second kappa shape index (κ2) is 9.51. The monoisotopic (exact) mass is 479 g/mol. The zero-order valence-electron chi connectivity index (χ0n) is 21.1. The lowest BCUT2D eigenvalue weighted by molar-refractivity contribution is 0.460. The summed E-state index contributed by atoms with van der Waals surface area (Å²) in [5.41, 5.74) is 7.20. The van der Waals surface area contributed by atoms with Crippen LogP contribution in [-0.4, -0.2) is 27.6 Å². The third-order valence-electron chi connectivity index (χ3n) is 7.71. The summed E-state index contributed by atoms with van der Waals surface area (Å²) >= 11 is 0. The van der Waals surface area contributed by atoms with Crippen LogP contribution >= 0.6 is 0 Å².